The zero-order chi connectivity index (χ0) is 16.9. The Balaban J connectivity index is 1.49. The van der Waals surface area contributed by atoms with Gasteiger partial charge in [0, 0.05) is 5.02 Å². The van der Waals surface area contributed by atoms with Crippen LogP contribution in [0.1, 0.15) is 11.5 Å². The standard InChI is InChI=1S/C16H13ClN2O5/c1-10-7-11(17)4-5-12(10)22-9-15(20)23-8-14-18-19-16(24-14)13-3-2-6-21-13/h2-7H,8-9H2,1H3. The van der Waals surface area contributed by atoms with Crippen LogP contribution in [0.5, 0.6) is 5.75 Å². The highest BCUT2D eigenvalue weighted by atomic mass is 35.5. The van der Waals surface area contributed by atoms with Gasteiger partial charge >= 0.3 is 5.97 Å². The van der Waals surface area contributed by atoms with Gasteiger partial charge in [-0.2, -0.15) is 0 Å². The summed E-state index contributed by atoms with van der Waals surface area (Å²) in [5.41, 5.74) is 0.829. The van der Waals surface area contributed by atoms with Crippen molar-refractivity contribution in [3.63, 3.8) is 0 Å². The summed E-state index contributed by atoms with van der Waals surface area (Å²) >= 11 is 5.86. The van der Waals surface area contributed by atoms with E-state index in [1.54, 1.807) is 30.3 Å². The fraction of sp³-hybridized carbons (Fsp3) is 0.188. The Bertz CT molecular complexity index is 829. The van der Waals surface area contributed by atoms with Crippen LogP contribution >= 0.6 is 11.6 Å². The van der Waals surface area contributed by atoms with Gasteiger partial charge in [0.05, 0.1) is 6.26 Å². The predicted molar refractivity (Wildman–Crippen MR) is 83.5 cm³/mol. The maximum atomic E-state index is 11.7. The third-order valence-electron chi connectivity index (χ3n) is 3.04. The van der Waals surface area contributed by atoms with E-state index in [1.165, 1.54) is 6.26 Å². The first-order valence-electron chi connectivity index (χ1n) is 7.02. The number of rotatable bonds is 6. The lowest BCUT2D eigenvalue weighted by molar-refractivity contribution is -0.148. The summed E-state index contributed by atoms with van der Waals surface area (Å²) in [5.74, 6) is 0.842. The maximum absolute atomic E-state index is 11.7. The molecule has 1 aromatic carbocycles. The van der Waals surface area contributed by atoms with Gasteiger partial charge in [0.25, 0.3) is 11.8 Å². The molecule has 0 aliphatic heterocycles. The second kappa shape index (κ2) is 7.18. The molecule has 0 atom stereocenters. The second-order valence-electron chi connectivity index (χ2n) is 4.84. The Morgan fingerprint density at radius 2 is 2.17 bits per heavy atom. The minimum Gasteiger partial charge on any atom is -0.482 e. The number of ether oxygens (including phenoxy) is 2. The molecule has 2 aromatic heterocycles. The number of aromatic nitrogens is 2. The topological polar surface area (TPSA) is 87.6 Å². The number of nitrogens with zero attached hydrogens (tertiary/aromatic N) is 2. The fourth-order valence-electron chi connectivity index (χ4n) is 1.91. The highest BCUT2D eigenvalue weighted by molar-refractivity contribution is 6.30. The van der Waals surface area contributed by atoms with Gasteiger partial charge < -0.3 is 18.3 Å². The van der Waals surface area contributed by atoms with E-state index in [-0.39, 0.29) is 25.0 Å². The number of benzene rings is 1. The third-order valence-corrected chi connectivity index (χ3v) is 3.27. The molecular formula is C16H13ClN2O5. The van der Waals surface area contributed by atoms with Crippen LogP contribution in [0, 0.1) is 6.92 Å². The molecule has 7 nitrogen and oxygen atoms in total. The highest BCUT2D eigenvalue weighted by Crippen LogP contribution is 2.22. The number of esters is 1. The molecule has 0 aliphatic carbocycles. The van der Waals surface area contributed by atoms with Crippen LogP contribution in [0.4, 0.5) is 0 Å². The molecule has 8 heteroatoms. The Labute approximate surface area is 142 Å². The van der Waals surface area contributed by atoms with Gasteiger partial charge in [-0.3, -0.25) is 0 Å². The van der Waals surface area contributed by atoms with Crippen LogP contribution in [0.2, 0.25) is 5.02 Å². The van der Waals surface area contributed by atoms with Gasteiger partial charge in [-0.25, -0.2) is 4.79 Å². The summed E-state index contributed by atoms with van der Waals surface area (Å²) in [6.07, 6.45) is 1.50. The Morgan fingerprint density at radius 3 is 2.92 bits per heavy atom. The van der Waals surface area contributed by atoms with Gasteiger partial charge in [0.1, 0.15) is 5.75 Å². The first-order valence-corrected chi connectivity index (χ1v) is 7.40. The molecule has 0 saturated heterocycles. The lowest BCUT2D eigenvalue weighted by Crippen LogP contribution is -2.15. The maximum Gasteiger partial charge on any atom is 0.344 e. The van der Waals surface area contributed by atoms with E-state index in [0.717, 1.165) is 5.56 Å². The van der Waals surface area contributed by atoms with Crippen LogP contribution in [0.15, 0.2) is 45.4 Å². The van der Waals surface area contributed by atoms with E-state index in [4.69, 9.17) is 29.9 Å². The van der Waals surface area contributed by atoms with Crippen molar-refractivity contribution in [3.8, 4) is 17.4 Å². The molecule has 0 fully saturated rings. The van der Waals surface area contributed by atoms with E-state index >= 15 is 0 Å². The number of hydrogen-bond acceptors (Lipinski definition) is 7. The average Bonchev–Trinajstić information content (AvgIpc) is 3.23. The summed E-state index contributed by atoms with van der Waals surface area (Å²) in [4.78, 5) is 11.7. The van der Waals surface area contributed by atoms with Crippen LogP contribution in [-0.2, 0) is 16.1 Å². The van der Waals surface area contributed by atoms with E-state index in [0.29, 0.717) is 16.5 Å². The van der Waals surface area contributed by atoms with Crippen LogP contribution in [0.25, 0.3) is 11.7 Å². The number of carbonyl (C=O) groups excluding carboxylic acids is 1. The summed E-state index contributed by atoms with van der Waals surface area (Å²) < 4.78 is 20.9. The minimum atomic E-state index is -0.554. The van der Waals surface area contributed by atoms with Crippen molar-refractivity contribution in [2.24, 2.45) is 0 Å². The summed E-state index contributed by atoms with van der Waals surface area (Å²) in [6, 6.07) is 8.51. The third kappa shape index (κ3) is 3.94. The smallest absolute Gasteiger partial charge is 0.344 e. The van der Waals surface area contributed by atoms with Crippen molar-refractivity contribution in [3.05, 3.63) is 53.1 Å². The van der Waals surface area contributed by atoms with Gasteiger partial charge in [-0.15, -0.1) is 10.2 Å². The number of carbonyl (C=O) groups is 1. The molecule has 0 bridgehead atoms. The number of halogens is 1. The molecule has 24 heavy (non-hydrogen) atoms. The van der Waals surface area contributed by atoms with E-state index in [2.05, 4.69) is 10.2 Å². The lowest BCUT2D eigenvalue weighted by atomic mass is 10.2. The second-order valence-corrected chi connectivity index (χ2v) is 5.27. The Morgan fingerprint density at radius 1 is 1.29 bits per heavy atom. The summed E-state index contributed by atoms with van der Waals surface area (Å²) in [6.45, 7) is 1.46. The molecule has 0 radical (unpaired) electrons. The summed E-state index contributed by atoms with van der Waals surface area (Å²) in [5, 5.41) is 8.18. The van der Waals surface area contributed by atoms with Crippen molar-refractivity contribution >= 4 is 17.6 Å². The molecule has 0 unspecified atom stereocenters. The van der Waals surface area contributed by atoms with Gasteiger partial charge in [-0.05, 0) is 42.8 Å². The monoisotopic (exact) mass is 348 g/mol. The molecular weight excluding hydrogens is 336 g/mol. The molecule has 3 aromatic rings. The fourth-order valence-corrected chi connectivity index (χ4v) is 2.13. The molecule has 2 heterocycles. The zero-order valence-corrected chi connectivity index (χ0v) is 13.4. The minimum absolute atomic E-state index is 0.143. The predicted octanol–water partition coefficient (Wildman–Crippen LogP) is 3.41. The van der Waals surface area contributed by atoms with Crippen molar-refractivity contribution < 1.29 is 23.1 Å². The van der Waals surface area contributed by atoms with E-state index < -0.39 is 5.97 Å². The van der Waals surface area contributed by atoms with Crippen molar-refractivity contribution in [1.82, 2.24) is 10.2 Å². The SMILES string of the molecule is Cc1cc(Cl)ccc1OCC(=O)OCc1nnc(-c2ccco2)o1. The van der Waals surface area contributed by atoms with E-state index in [1.807, 2.05) is 6.92 Å². The van der Waals surface area contributed by atoms with Gasteiger partial charge in [0.2, 0.25) is 0 Å². The van der Waals surface area contributed by atoms with Crippen LogP contribution in [-0.4, -0.2) is 22.8 Å². The van der Waals surface area contributed by atoms with E-state index in [9.17, 15) is 4.79 Å². The lowest BCUT2D eigenvalue weighted by Gasteiger charge is -2.08. The normalized spacial score (nSPS) is 10.6. The average molecular weight is 349 g/mol. The summed E-state index contributed by atoms with van der Waals surface area (Å²) in [7, 11) is 0. The highest BCUT2D eigenvalue weighted by Gasteiger charge is 2.13. The molecule has 0 aliphatic rings. The molecule has 0 spiro atoms. The van der Waals surface area contributed by atoms with Crippen LogP contribution < -0.4 is 4.74 Å². The molecule has 0 N–H and O–H groups in total. The van der Waals surface area contributed by atoms with Crippen molar-refractivity contribution in [2.75, 3.05) is 6.61 Å². The quantitative estimate of drug-likeness (QED) is 0.630. The van der Waals surface area contributed by atoms with Gasteiger partial charge in [-0.1, -0.05) is 11.6 Å². The Hall–Kier alpha value is -2.80. The number of aryl methyl sites for hydroxylation is 1. The molecule has 0 saturated carbocycles. The molecule has 124 valence electrons. The van der Waals surface area contributed by atoms with Crippen molar-refractivity contribution in [2.45, 2.75) is 13.5 Å². The number of furan rings is 1. The van der Waals surface area contributed by atoms with Gasteiger partial charge in [0.15, 0.2) is 19.0 Å². The van der Waals surface area contributed by atoms with Crippen molar-refractivity contribution in [1.29, 1.82) is 0 Å². The first kappa shape index (κ1) is 16.1. The van der Waals surface area contributed by atoms with Crippen LogP contribution in [0.3, 0.4) is 0 Å². The number of hydrogen-bond donors (Lipinski definition) is 0. The first-order chi connectivity index (χ1) is 11.6. The largest absolute Gasteiger partial charge is 0.482 e. The Kier molecular flexibility index (Phi) is 4.81. The molecule has 0 amide bonds. The molecule has 3 rings (SSSR count). The zero-order valence-electron chi connectivity index (χ0n) is 12.7.